The van der Waals surface area contributed by atoms with Crippen LogP contribution in [0.5, 0.6) is 5.75 Å². The molecule has 2 aromatic carbocycles. The summed E-state index contributed by atoms with van der Waals surface area (Å²) in [4.78, 5) is 10.8. The van der Waals surface area contributed by atoms with Gasteiger partial charge in [-0.15, -0.1) is 0 Å². The SMILES string of the molecule is C[C@H](Oc1ccc(F)cc1-c1ccc(Cl)cc1Cl)C(=O)[O-].[Na+]. The van der Waals surface area contributed by atoms with Crippen LogP contribution in [0.25, 0.3) is 11.1 Å². The fourth-order valence-electron chi connectivity index (χ4n) is 1.76. The van der Waals surface area contributed by atoms with E-state index in [4.69, 9.17) is 27.9 Å². The minimum atomic E-state index is -1.37. The van der Waals surface area contributed by atoms with E-state index in [-0.39, 0.29) is 35.3 Å². The van der Waals surface area contributed by atoms with Crippen LogP contribution in [0.1, 0.15) is 6.92 Å². The number of hydrogen-bond acceptors (Lipinski definition) is 3. The number of benzene rings is 2. The van der Waals surface area contributed by atoms with Gasteiger partial charge in [0.25, 0.3) is 0 Å². The number of carbonyl (C=O) groups is 1. The Balaban J connectivity index is 0.00000242. The smallest absolute Gasteiger partial charge is 0.546 e. The van der Waals surface area contributed by atoms with Gasteiger partial charge in [-0.25, -0.2) is 4.39 Å². The number of carboxylic acid groups (broad SMARTS) is 1. The molecule has 0 saturated carbocycles. The van der Waals surface area contributed by atoms with Crippen molar-refractivity contribution in [3.05, 3.63) is 52.3 Å². The Morgan fingerprint density at radius 3 is 2.45 bits per heavy atom. The van der Waals surface area contributed by atoms with E-state index in [0.717, 1.165) is 0 Å². The third-order valence-electron chi connectivity index (χ3n) is 2.80. The summed E-state index contributed by atoms with van der Waals surface area (Å²) >= 11 is 11.9. The number of hydrogen-bond donors (Lipinski definition) is 0. The number of ether oxygens (including phenoxy) is 1. The molecule has 2 aromatic rings. The van der Waals surface area contributed by atoms with Crippen molar-refractivity contribution in [2.24, 2.45) is 0 Å². The summed E-state index contributed by atoms with van der Waals surface area (Å²) in [6, 6.07) is 8.44. The molecule has 3 nitrogen and oxygen atoms in total. The van der Waals surface area contributed by atoms with Crippen LogP contribution in [0.15, 0.2) is 36.4 Å². The maximum absolute atomic E-state index is 13.5. The van der Waals surface area contributed by atoms with Gasteiger partial charge in [0.1, 0.15) is 17.7 Å². The van der Waals surface area contributed by atoms with Crippen molar-refractivity contribution in [1.29, 1.82) is 0 Å². The zero-order valence-corrected chi connectivity index (χ0v) is 15.4. The van der Waals surface area contributed by atoms with Gasteiger partial charge in [0.15, 0.2) is 0 Å². The molecule has 0 N–H and O–H groups in total. The van der Waals surface area contributed by atoms with E-state index in [1.165, 1.54) is 31.2 Å². The second-order valence-corrected chi connectivity index (χ2v) is 5.19. The van der Waals surface area contributed by atoms with Crippen molar-refractivity contribution in [2.75, 3.05) is 0 Å². The first-order valence-corrected chi connectivity index (χ1v) is 6.76. The summed E-state index contributed by atoms with van der Waals surface area (Å²) in [7, 11) is 0. The van der Waals surface area contributed by atoms with Crippen molar-refractivity contribution in [1.82, 2.24) is 0 Å². The molecule has 7 heteroatoms. The molecule has 110 valence electrons. The Kier molecular flexibility index (Phi) is 7.16. The summed E-state index contributed by atoms with van der Waals surface area (Å²) in [5, 5.41) is 11.5. The van der Waals surface area contributed by atoms with E-state index in [1.807, 2.05) is 0 Å². The minimum absolute atomic E-state index is 0. The van der Waals surface area contributed by atoms with E-state index in [0.29, 0.717) is 21.2 Å². The van der Waals surface area contributed by atoms with Crippen molar-refractivity contribution < 1.29 is 48.6 Å². The first-order valence-electron chi connectivity index (χ1n) is 6.01. The molecule has 0 bridgehead atoms. The molecule has 0 amide bonds. The summed E-state index contributed by atoms with van der Waals surface area (Å²) in [6.07, 6.45) is -1.18. The van der Waals surface area contributed by atoms with Gasteiger partial charge in [0, 0.05) is 16.1 Å². The largest absolute Gasteiger partial charge is 1.00 e. The summed E-state index contributed by atoms with van der Waals surface area (Å²) in [5.41, 5.74) is 0.825. The molecule has 2 rings (SSSR count). The van der Waals surface area contributed by atoms with Crippen LogP contribution in [0, 0.1) is 5.82 Å². The van der Waals surface area contributed by atoms with Gasteiger partial charge in [0.05, 0.1) is 11.0 Å². The first-order chi connectivity index (χ1) is 9.88. The van der Waals surface area contributed by atoms with Gasteiger partial charge in [-0.05, 0) is 37.3 Å². The Morgan fingerprint density at radius 2 is 1.86 bits per heavy atom. The molecule has 0 heterocycles. The van der Waals surface area contributed by atoms with Gasteiger partial charge >= 0.3 is 29.6 Å². The molecular formula is C15H10Cl2FNaO3. The number of aliphatic carboxylic acids is 1. The van der Waals surface area contributed by atoms with Gasteiger partial charge in [-0.2, -0.15) is 0 Å². The molecule has 0 fully saturated rings. The molecule has 0 aliphatic rings. The van der Waals surface area contributed by atoms with Crippen LogP contribution < -0.4 is 39.4 Å². The fourth-order valence-corrected chi connectivity index (χ4v) is 2.27. The van der Waals surface area contributed by atoms with E-state index in [9.17, 15) is 14.3 Å². The summed E-state index contributed by atoms with van der Waals surface area (Å²) < 4.78 is 18.8. The molecule has 0 aromatic heterocycles. The van der Waals surface area contributed by atoms with Crippen LogP contribution in [-0.4, -0.2) is 12.1 Å². The number of rotatable bonds is 4. The third kappa shape index (κ3) is 4.61. The maximum atomic E-state index is 13.5. The van der Waals surface area contributed by atoms with E-state index in [1.54, 1.807) is 12.1 Å². The topological polar surface area (TPSA) is 49.4 Å². The van der Waals surface area contributed by atoms with E-state index >= 15 is 0 Å². The third-order valence-corrected chi connectivity index (χ3v) is 3.35. The van der Waals surface area contributed by atoms with Crippen molar-refractivity contribution in [2.45, 2.75) is 13.0 Å². The Labute approximate surface area is 159 Å². The average Bonchev–Trinajstić information content (AvgIpc) is 2.41. The van der Waals surface area contributed by atoms with E-state index < -0.39 is 17.9 Å². The zero-order valence-electron chi connectivity index (χ0n) is 11.9. The molecule has 22 heavy (non-hydrogen) atoms. The van der Waals surface area contributed by atoms with Gasteiger partial charge < -0.3 is 14.6 Å². The number of halogens is 3. The van der Waals surface area contributed by atoms with Crippen molar-refractivity contribution in [3.8, 4) is 16.9 Å². The zero-order chi connectivity index (χ0) is 15.6. The Bertz CT molecular complexity index is 694. The minimum Gasteiger partial charge on any atom is -0.546 e. The van der Waals surface area contributed by atoms with Gasteiger partial charge in [-0.1, -0.05) is 29.3 Å². The summed E-state index contributed by atoms with van der Waals surface area (Å²) in [6.45, 7) is 1.33. The van der Waals surface area contributed by atoms with Crippen LogP contribution in [-0.2, 0) is 4.79 Å². The van der Waals surface area contributed by atoms with Crippen LogP contribution in [0.2, 0.25) is 10.0 Å². The van der Waals surface area contributed by atoms with Crippen molar-refractivity contribution in [3.63, 3.8) is 0 Å². The second-order valence-electron chi connectivity index (χ2n) is 4.34. The predicted octanol–water partition coefficient (Wildman–Crippen LogP) is 0.321. The molecule has 0 aliphatic carbocycles. The monoisotopic (exact) mass is 350 g/mol. The molecule has 0 spiro atoms. The molecule has 0 radical (unpaired) electrons. The van der Waals surface area contributed by atoms with Gasteiger partial charge in [0.2, 0.25) is 0 Å². The number of carbonyl (C=O) groups excluding carboxylic acids is 1. The number of carboxylic acids is 1. The van der Waals surface area contributed by atoms with Gasteiger partial charge in [-0.3, -0.25) is 0 Å². The van der Waals surface area contributed by atoms with Crippen LogP contribution in [0.3, 0.4) is 0 Å². The molecule has 0 unspecified atom stereocenters. The fraction of sp³-hybridized carbons (Fsp3) is 0.133. The summed E-state index contributed by atoms with van der Waals surface area (Å²) in [5.74, 6) is -1.67. The molecule has 0 saturated heterocycles. The predicted molar refractivity (Wildman–Crippen MR) is 77.0 cm³/mol. The van der Waals surface area contributed by atoms with Crippen LogP contribution >= 0.6 is 23.2 Å². The average molecular weight is 351 g/mol. The quantitative estimate of drug-likeness (QED) is 0.746. The first kappa shape index (κ1) is 19.3. The molecule has 1 atom stereocenters. The normalized spacial score (nSPS) is 11.5. The standard InChI is InChI=1S/C15H11Cl2FO3.Na/c1-8(15(19)20)21-14-5-3-10(18)7-12(14)11-4-2-9(16)6-13(11)17;/h2-8H,1H3,(H,19,20);/q;+1/p-1/t8-;/m0./s1. The molecular weight excluding hydrogens is 341 g/mol. The Morgan fingerprint density at radius 1 is 1.18 bits per heavy atom. The second kappa shape index (κ2) is 8.18. The van der Waals surface area contributed by atoms with Crippen LogP contribution in [0.4, 0.5) is 4.39 Å². The molecule has 0 aliphatic heterocycles. The van der Waals surface area contributed by atoms with Crippen molar-refractivity contribution >= 4 is 29.2 Å². The Hall–Kier alpha value is -0.780. The maximum Gasteiger partial charge on any atom is 1.00 e. The van der Waals surface area contributed by atoms with E-state index in [2.05, 4.69) is 0 Å².